The smallest absolute Gasteiger partial charge is 0.326 e. The fraction of sp³-hybridized carbons (Fsp3) is 0.738. The molecule has 67 heavy (non-hydrogen) atoms. The minimum absolute atomic E-state index is 0.0168. The zero-order valence-corrected chi connectivity index (χ0v) is 39.6. The third-order valence-electron chi connectivity index (χ3n) is 11.9. The third kappa shape index (κ3) is 16.5. The average Bonchev–Trinajstić information content (AvgIpc) is 4.07. The molecule has 8 atom stereocenters. The van der Waals surface area contributed by atoms with Crippen LogP contribution in [-0.4, -0.2) is 177 Å². The second kappa shape index (κ2) is 26.6. The van der Waals surface area contributed by atoms with Gasteiger partial charge in [0.15, 0.2) is 5.96 Å². The number of nitrogens with one attached hydrogen (secondary N) is 5. The predicted octanol–water partition coefficient (Wildman–Crippen LogP) is -3.02. The highest BCUT2D eigenvalue weighted by atomic mass is 32.1. The van der Waals surface area contributed by atoms with Gasteiger partial charge in [-0.25, -0.2) is 4.79 Å². The van der Waals surface area contributed by atoms with E-state index in [1.165, 1.54) is 14.7 Å². The summed E-state index contributed by atoms with van der Waals surface area (Å²) < 4.78 is 0. The number of thiol groups is 1. The highest BCUT2D eigenvalue weighted by molar-refractivity contribution is 7.80. The second-order valence-corrected chi connectivity index (χ2v) is 18.3. The van der Waals surface area contributed by atoms with Crippen LogP contribution in [0.25, 0.3) is 0 Å². The molecule has 0 spiro atoms. The number of nitrogens with two attached hydrogens (primary N) is 3. The van der Waals surface area contributed by atoms with Crippen molar-refractivity contribution in [3.63, 3.8) is 0 Å². The van der Waals surface area contributed by atoms with E-state index in [9.17, 15) is 58.2 Å². The van der Waals surface area contributed by atoms with Crippen molar-refractivity contribution in [2.24, 2.45) is 34.0 Å². The summed E-state index contributed by atoms with van der Waals surface area (Å²) in [5.74, 6) is -8.37. The summed E-state index contributed by atoms with van der Waals surface area (Å²) in [4.78, 5) is 140. The lowest BCUT2D eigenvalue weighted by Crippen LogP contribution is -2.59. The Morgan fingerprint density at radius 3 is 1.78 bits per heavy atom. The van der Waals surface area contributed by atoms with Crippen LogP contribution in [0.15, 0.2) is 4.99 Å². The molecule has 0 unspecified atom stereocenters. The Labute approximate surface area is 395 Å². The number of likely N-dealkylation sites (tertiary alicyclic amines) is 3. The number of aliphatic carboxylic acids is 2. The monoisotopic (exact) mass is 966 g/mol. The first-order valence-electron chi connectivity index (χ1n) is 22.8. The SMILES string of the molecule is CC(C)C[C@H](NC(=O)[C@@H](N)CS)C(=O)NCC(=O)N[C@@H](CCCN=C(N)N)C(=O)N1CCC[C@H]1C(=O)N1CCC[C@H]1C(=O)N[C@@H](CCC(=O)O)C(=O)N1CCC[C@H]1C(=O)N[C@H](C(=O)O)C(C)C. The number of amides is 8. The summed E-state index contributed by atoms with van der Waals surface area (Å²) in [7, 11) is 0. The van der Waals surface area contributed by atoms with Gasteiger partial charge in [0.25, 0.3) is 0 Å². The number of aliphatic imine (C=N–C) groups is 1. The van der Waals surface area contributed by atoms with Crippen molar-refractivity contribution >= 4 is 77.8 Å². The molecule has 0 aliphatic carbocycles. The number of nitrogens with zero attached hydrogens (tertiary/aromatic N) is 4. The normalized spacial score (nSPS) is 20.3. The Morgan fingerprint density at radius 1 is 0.701 bits per heavy atom. The molecule has 3 saturated heterocycles. The number of carboxylic acids is 2. The lowest BCUT2D eigenvalue weighted by Gasteiger charge is -2.34. The molecular formula is C42H70N12O12S. The van der Waals surface area contributed by atoms with Crippen molar-refractivity contribution in [2.45, 2.75) is 147 Å². The summed E-state index contributed by atoms with van der Waals surface area (Å²) in [5, 5.41) is 32.0. The molecule has 3 aliphatic rings. The molecule has 0 aromatic carbocycles. The van der Waals surface area contributed by atoms with E-state index in [4.69, 9.17) is 17.2 Å². The molecular weight excluding hydrogens is 897 g/mol. The van der Waals surface area contributed by atoms with Gasteiger partial charge in [-0.05, 0) is 76.0 Å². The molecule has 0 aromatic heterocycles. The van der Waals surface area contributed by atoms with E-state index in [0.29, 0.717) is 19.3 Å². The van der Waals surface area contributed by atoms with Gasteiger partial charge in [0, 0.05) is 38.4 Å². The van der Waals surface area contributed by atoms with Gasteiger partial charge in [-0.15, -0.1) is 0 Å². The lowest BCUT2D eigenvalue weighted by molar-refractivity contribution is -0.149. The van der Waals surface area contributed by atoms with Crippen molar-refractivity contribution in [1.29, 1.82) is 0 Å². The quantitative estimate of drug-likeness (QED) is 0.0188. The Hall–Kier alpha value is -5.72. The Balaban J connectivity index is 1.77. The largest absolute Gasteiger partial charge is 0.481 e. The number of hydrogen-bond donors (Lipinski definition) is 11. The highest BCUT2D eigenvalue weighted by Gasteiger charge is 2.45. The number of guanidine groups is 1. The summed E-state index contributed by atoms with van der Waals surface area (Å²) in [6.07, 6.45) is 1.52. The molecule has 0 saturated carbocycles. The van der Waals surface area contributed by atoms with E-state index in [-0.39, 0.29) is 88.8 Å². The molecule has 13 N–H and O–H groups in total. The van der Waals surface area contributed by atoms with E-state index in [0.717, 1.165) is 0 Å². The van der Waals surface area contributed by atoms with Gasteiger partial charge in [-0.2, -0.15) is 12.6 Å². The fourth-order valence-corrected chi connectivity index (χ4v) is 8.57. The predicted molar refractivity (Wildman–Crippen MR) is 245 cm³/mol. The zero-order chi connectivity index (χ0) is 50.1. The van der Waals surface area contributed by atoms with Gasteiger partial charge in [0.1, 0.15) is 42.3 Å². The standard InChI is InChI=1S/C42H70N12O12S/c1-22(2)19-27(50-34(58)24(43)21-67)35(59)47-20-31(55)48-25(9-5-15-46-42(44)45)38(62)54-18-8-12-30(54)40(64)53-17-7-10-28(53)36(60)49-26(13-14-32(56)57)39(63)52-16-6-11-29(52)37(61)51-33(23(3)4)41(65)66/h22-30,33,67H,5-21,43H2,1-4H3,(H,47,59)(H,48,55)(H,49,60)(H,50,58)(H,51,61)(H,56,57)(H,65,66)(H4,44,45,46)/t24-,25-,26-,27-,28-,29-,30-,33-/m0/s1. The maximum Gasteiger partial charge on any atom is 0.326 e. The number of carbonyl (C=O) groups excluding carboxylic acids is 8. The molecule has 3 aliphatic heterocycles. The minimum atomic E-state index is -1.40. The molecule has 3 fully saturated rings. The molecule has 24 nitrogen and oxygen atoms in total. The van der Waals surface area contributed by atoms with Crippen LogP contribution in [0.2, 0.25) is 0 Å². The first kappa shape index (κ1) is 55.6. The molecule has 0 radical (unpaired) electrons. The van der Waals surface area contributed by atoms with Gasteiger partial charge in [0.05, 0.1) is 12.6 Å². The maximum atomic E-state index is 14.3. The van der Waals surface area contributed by atoms with Gasteiger partial charge in [0.2, 0.25) is 47.3 Å². The highest BCUT2D eigenvalue weighted by Crippen LogP contribution is 2.27. The molecule has 376 valence electrons. The summed E-state index contributed by atoms with van der Waals surface area (Å²) >= 11 is 4.03. The van der Waals surface area contributed by atoms with Gasteiger partial charge in [-0.1, -0.05) is 27.7 Å². The van der Waals surface area contributed by atoms with Crippen molar-refractivity contribution < 1.29 is 58.2 Å². The van der Waals surface area contributed by atoms with Crippen molar-refractivity contribution in [3.8, 4) is 0 Å². The zero-order valence-electron chi connectivity index (χ0n) is 38.7. The van der Waals surface area contributed by atoms with Gasteiger partial charge in [-0.3, -0.25) is 48.1 Å². The Kier molecular flexibility index (Phi) is 22.1. The van der Waals surface area contributed by atoms with Crippen molar-refractivity contribution in [3.05, 3.63) is 0 Å². The second-order valence-electron chi connectivity index (χ2n) is 17.9. The Bertz CT molecular complexity index is 1850. The van der Waals surface area contributed by atoms with Crippen LogP contribution in [0.1, 0.15) is 98.3 Å². The third-order valence-corrected chi connectivity index (χ3v) is 12.3. The van der Waals surface area contributed by atoms with Crippen LogP contribution >= 0.6 is 12.6 Å². The van der Waals surface area contributed by atoms with Crippen molar-refractivity contribution in [2.75, 3.05) is 38.5 Å². The number of carboxylic acid groups (broad SMARTS) is 2. The van der Waals surface area contributed by atoms with Crippen LogP contribution in [0.4, 0.5) is 0 Å². The van der Waals surface area contributed by atoms with Crippen LogP contribution in [0, 0.1) is 11.8 Å². The summed E-state index contributed by atoms with van der Waals surface area (Å²) in [6, 6.07) is -8.97. The molecule has 0 bridgehead atoms. The molecule has 25 heteroatoms. The van der Waals surface area contributed by atoms with Gasteiger partial charge < -0.3 is 68.7 Å². The summed E-state index contributed by atoms with van der Waals surface area (Å²) in [5.41, 5.74) is 16.7. The molecule has 3 heterocycles. The number of hydrogen-bond acceptors (Lipinski definition) is 13. The van der Waals surface area contributed by atoms with Crippen LogP contribution in [0.3, 0.4) is 0 Å². The summed E-state index contributed by atoms with van der Waals surface area (Å²) in [6.45, 7) is 6.86. The maximum absolute atomic E-state index is 14.3. The van der Waals surface area contributed by atoms with E-state index in [1.807, 2.05) is 13.8 Å². The molecule has 3 rings (SSSR count). The number of carbonyl (C=O) groups is 10. The first-order chi connectivity index (χ1) is 31.6. The van der Waals surface area contributed by atoms with E-state index < -0.39 is 126 Å². The lowest BCUT2D eigenvalue weighted by atomic mass is 10.0. The van der Waals surface area contributed by atoms with Gasteiger partial charge >= 0.3 is 11.9 Å². The van der Waals surface area contributed by atoms with Crippen molar-refractivity contribution in [1.82, 2.24) is 41.3 Å². The van der Waals surface area contributed by atoms with E-state index in [2.05, 4.69) is 44.2 Å². The topological polar surface area (TPSA) is 371 Å². The first-order valence-corrected chi connectivity index (χ1v) is 23.5. The fourth-order valence-electron chi connectivity index (χ4n) is 8.40. The molecule has 8 amide bonds. The van der Waals surface area contributed by atoms with E-state index in [1.54, 1.807) is 13.8 Å². The van der Waals surface area contributed by atoms with E-state index >= 15 is 0 Å². The molecule has 0 aromatic rings. The van der Waals surface area contributed by atoms with Crippen LogP contribution in [0.5, 0.6) is 0 Å². The minimum Gasteiger partial charge on any atom is -0.481 e. The Morgan fingerprint density at radius 2 is 1.24 bits per heavy atom. The average molecular weight is 967 g/mol. The van der Waals surface area contributed by atoms with Crippen LogP contribution < -0.4 is 43.8 Å². The van der Waals surface area contributed by atoms with Crippen LogP contribution in [-0.2, 0) is 47.9 Å². The number of rotatable bonds is 25.